The molecule has 0 fully saturated rings. The standard InChI is InChI=1S/C30H32N4O8/c1-5-39-29(37)21-15-25-17(3)41-28(36)20-12-8-10-14-24(20)34-26(16-22(32-34)30(38)40-6-2)18(4)42-27(35)19-11-7-9-13-23(19)33(25)31-21/h7-14,17-18,25-26H,5-6,15-16H2,1-4H3/t17-,18-,25-,26-/m1/s1. The number of esters is 4. The van der Waals surface area contributed by atoms with Gasteiger partial charge in [0.2, 0.25) is 0 Å². The summed E-state index contributed by atoms with van der Waals surface area (Å²) in [6.45, 7) is 7.14. The van der Waals surface area contributed by atoms with Gasteiger partial charge in [-0.15, -0.1) is 0 Å². The van der Waals surface area contributed by atoms with Crippen LogP contribution in [0.15, 0.2) is 58.7 Å². The minimum atomic E-state index is -0.778. The Balaban J connectivity index is 1.61. The van der Waals surface area contributed by atoms with Crippen LogP contribution in [0.5, 0.6) is 0 Å². The normalized spacial score (nSPS) is 23.6. The number of carbonyl (C=O) groups is 4. The van der Waals surface area contributed by atoms with Crippen LogP contribution in [0.2, 0.25) is 0 Å². The lowest BCUT2D eigenvalue weighted by atomic mass is 10.0. The number of carbonyl (C=O) groups excluding carboxylic acids is 4. The molecule has 0 bridgehead atoms. The van der Waals surface area contributed by atoms with Crippen LogP contribution in [-0.4, -0.2) is 72.8 Å². The molecule has 3 aliphatic rings. The monoisotopic (exact) mass is 576 g/mol. The first-order chi connectivity index (χ1) is 20.2. The number of para-hydroxylation sites is 2. The lowest BCUT2D eigenvalue weighted by Crippen LogP contribution is -2.42. The Labute approximate surface area is 242 Å². The Kier molecular flexibility index (Phi) is 8.23. The Morgan fingerprint density at radius 2 is 1.12 bits per heavy atom. The van der Waals surface area contributed by atoms with E-state index < -0.39 is 48.2 Å². The number of ether oxygens (including phenoxy) is 4. The second kappa shape index (κ2) is 12.0. The third-order valence-electron chi connectivity index (χ3n) is 7.32. The SMILES string of the molecule is CCOC(=O)C1=NN2c3ccccc3C(=O)O[C@H](C)[C@H]3CC(C(=O)OCC)=NN3c3ccccc3C(=O)O[C@H](C)[C@H]2C1. The summed E-state index contributed by atoms with van der Waals surface area (Å²) in [5, 5.41) is 12.1. The molecule has 0 amide bonds. The maximum Gasteiger partial charge on any atom is 0.354 e. The molecule has 0 unspecified atom stereocenters. The molecule has 0 radical (unpaired) electrons. The molecular weight excluding hydrogens is 544 g/mol. The number of hydrogen-bond donors (Lipinski definition) is 0. The van der Waals surface area contributed by atoms with Crippen LogP contribution >= 0.6 is 0 Å². The summed E-state index contributed by atoms with van der Waals surface area (Å²) in [5.41, 5.74) is 1.46. The van der Waals surface area contributed by atoms with E-state index in [0.29, 0.717) is 11.4 Å². The Hall–Kier alpha value is -4.74. The van der Waals surface area contributed by atoms with Gasteiger partial charge in [-0.25, -0.2) is 19.2 Å². The molecule has 42 heavy (non-hydrogen) atoms. The predicted octanol–water partition coefficient (Wildman–Crippen LogP) is 3.49. The zero-order chi connectivity index (χ0) is 30.0. The fourth-order valence-electron chi connectivity index (χ4n) is 5.24. The van der Waals surface area contributed by atoms with Crippen LogP contribution in [0.25, 0.3) is 0 Å². The van der Waals surface area contributed by atoms with Gasteiger partial charge in [0, 0.05) is 12.8 Å². The first kappa shape index (κ1) is 28.8. The lowest BCUT2D eigenvalue weighted by Gasteiger charge is -2.32. The summed E-state index contributed by atoms with van der Waals surface area (Å²) >= 11 is 0. The number of hydrazone groups is 2. The Morgan fingerprint density at radius 1 is 0.738 bits per heavy atom. The number of cyclic esters (lactones) is 2. The van der Waals surface area contributed by atoms with Crippen molar-refractivity contribution in [2.24, 2.45) is 10.2 Å². The van der Waals surface area contributed by atoms with Gasteiger partial charge < -0.3 is 18.9 Å². The zero-order valence-electron chi connectivity index (χ0n) is 23.8. The van der Waals surface area contributed by atoms with E-state index in [4.69, 9.17) is 18.9 Å². The van der Waals surface area contributed by atoms with Crippen molar-refractivity contribution < 1.29 is 38.1 Å². The molecule has 12 nitrogen and oxygen atoms in total. The van der Waals surface area contributed by atoms with Crippen LogP contribution in [0.4, 0.5) is 11.4 Å². The Morgan fingerprint density at radius 3 is 1.50 bits per heavy atom. The van der Waals surface area contributed by atoms with Crippen molar-refractivity contribution in [3.05, 3.63) is 59.7 Å². The van der Waals surface area contributed by atoms with Gasteiger partial charge in [-0.05, 0) is 52.0 Å². The summed E-state index contributed by atoms with van der Waals surface area (Å²) in [6.07, 6.45) is -1.31. The second-order valence-corrected chi connectivity index (χ2v) is 10.0. The summed E-state index contributed by atoms with van der Waals surface area (Å²) in [5.74, 6) is -2.43. The van der Waals surface area contributed by atoms with Gasteiger partial charge in [0.25, 0.3) is 0 Å². The van der Waals surface area contributed by atoms with E-state index in [1.165, 1.54) is 10.0 Å². The topological polar surface area (TPSA) is 136 Å². The molecule has 12 heteroatoms. The molecule has 2 aromatic carbocycles. The first-order valence-electron chi connectivity index (χ1n) is 13.9. The van der Waals surface area contributed by atoms with Crippen LogP contribution in [0, 0.1) is 0 Å². The summed E-state index contributed by atoms with van der Waals surface area (Å²) in [7, 11) is 0. The highest BCUT2D eigenvalue weighted by molar-refractivity contribution is 6.38. The number of fused-ring (bicyclic) bond motifs is 6. The third kappa shape index (κ3) is 5.44. The number of anilines is 2. The van der Waals surface area contributed by atoms with Crippen molar-refractivity contribution >= 4 is 46.7 Å². The second-order valence-electron chi connectivity index (χ2n) is 10.0. The fourth-order valence-corrected chi connectivity index (χ4v) is 5.24. The molecule has 0 saturated carbocycles. The molecule has 3 aliphatic heterocycles. The van der Waals surface area contributed by atoms with E-state index in [0.717, 1.165) is 0 Å². The van der Waals surface area contributed by atoms with Gasteiger partial charge >= 0.3 is 23.9 Å². The summed E-state index contributed by atoms with van der Waals surface area (Å²) in [6, 6.07) is 12.2. The maximum absolute atomic E-state index is 13.7. The number of nitrogens with zero attached hydrogens (tertiary/aromatic N) is 4. The van der Waals surface area contributed by atoms with Gasteiger partial charge in [-0.3, -0.25) is 10.0 Å². The zero-order valence-corrected chi connectivity index (χ0v) is 23.8. The minimum absolute atomic E-state index is 0.121. The third-order valence-corrected chi connectivity index (χ3v) is 7.32. The fraction of sp³-hybridized carbons (Fsp3) is 0.400. The quantitative estimate of drug-likeness (QED) is 0.393. The van der Waals surface area contributed by atoms with Gasteiger partial charge in [0.15, 0.2) is 0 Å². The first-order valence-corrected chi connectivity index (χ1v) is 13.9. The molecular formula is C30H32N4O8. The van der Waals surface area contributed by atoms with Crippen molar-refractivity contribution in [2.75, 3.05) is 23.2 Å². The number of hydrogen-bond acceptors (Lipinski definition) is 12. The van der Waals surface area contributed by atoms with Crippen molar-refractivity contribution in [2.45, 2.75) is 64.8 Å². The van der Waals surface area contributed by atoms with E-state index in [9.17, 15) is 19.2 Å². The Bertz CT molecular complexity index is 1360. The highest BCUT2D eigenvalue weighted by Gasteiger charge is 2.42. The largest absolute Gasteiger partial charge is 0.461 e. The summed E-state index contributed by atoms with van der Waals surface area (Å²) in [4.78, 5) is 52.6. The number of benzene rings is 2. The minimum Gasteiger partial charge on any atom is -0.461 e. The highest BCUT2D eigenvalue weighted by atomic mass is 16.6. The molecule has 0 aliphatic carbocycles. The molecule has 0 saturated heterocycles. The highest BCUT2D eigenvalue weighted by Crippen LogP contribution is 2.35. The molecule has 5 rings (SSSR count). The molecule has 220 valence electrons. The van der Waals surface area contributed by atoms with E-state index in [1.807, 2.05) is 0 Å². The average molecular weight is 577 g/mol. The average Bonchev–Trinajstić information content (AvgIpc) is 3.63. The molecule has 3 heterocycles. The van der Waals surface area contributed by atoms with E-state index >= 15 is 0 Å². The van der Waals surface area contributed by atoms with Gasteiger partial charge in [-0.1, -0.05) is 24.3 Å². The van der Waals surface area contributed by atoms with Crippen LogP contribution in [0.3, 0.4) is 0 Å². The maximum atomic E-state index is 13.7. The van der Waals surface area contributed by atoms with E-state index in [1.54, 1.807) is 76.2 Å². The lowest BCUT2D eigenvalue weighted by molar-refractivity contribution is -0.136. The van der Waals surface area contributed by atoms with Gasteiger partial charge in [0.05, 0.1) is 47.8 Å². The molecule has 0 N–H and O–H groups in total. The molecule has 4 atom stereocenters. The number of rotatable bonds is 4. The van der Waals surface area contributed by atoms with Crippen LogP contribution < -0.4 is 10.0 Å². The molecule has 2 aromatic rings. The van der Waals surface area contributed by atoms with Crippen molar-refractivity contribution in [3.63, 3.8) is 0 Å². The van der Waals surface area contributed by atoms with Gasteiger partial charge in [0.1, 0.15) is 23.6 Å². The molecule has 0 aromatic heterocycles. The summed E-state index contributed by atoms with van der Waals surface area (Å²) < 4.78 is 22.3. The molecule has 0 spiro atoms. The van der Waals surface area contributed by atoms with Crippen LogP contribution in [-0.2, 0) is 28.5 Å². The van der Waals surface area contributed by atoms with Crippen molar-refractivity contribution in [1.82, 2.24) is 0 Å². The smallest absolute Gasteiger partial charge is 0.354 e. The van der Waals surface area contributed by atoms with Crippen molar-refractivity contribution in [3.8, 4) is 0 Å². The van der Waals surface area contributed by atoms with Crippen molar-refractivity contribution in [1.29, 1.82) is 0 Å². The predicted molar refractivity (Wildman–Crippen MR) is 153 cm³/mol. The van der Waals surface area contributed by atoms with E-state index in [-0.39, 0.29) is 48.6 Å². The van der Waals surface area contributed by atoms with E-state index in [2.05, 4.69) is 10.2 Å². The van der Waals surface area contributed by atoms with Gasteiger partial charge in [-0.2, -0.15) is 10.2 Å². The van der Waals surface area contributed by atoms with Crippen LogP contribution in [0.1, 0.15) is 61.3 Å².